The molecule has 0 unspecified atom stereocenters. The molecular formula is C20H20F3N3O5S. The van der Waals surface area contributed by atoms with Crippen molar-refractivity contribution in [2.75, 3.05) is 11.9 Å². The highest BCUT2D eigenvalue weighted by Crippen LogP contribution is 2.35. The number of sulfonamides is 1. The summed E-state index contributed by atoms with van der Waals surface area (Å²) < 4.78 is 74.0. The molecule has 2 atom stereocenters. The summed E-state index contributed by atoms with van der Waals surface area (Å²) in [7, 11) is -2.86. The van der Waals surface area contributed by atoms with Crippen LogP contribution in [-0.4, -0.2) is 42.2 Å². The molecule has 1 aromatic heterocycles. The van der Waals surface area contributed by atoms with Crippen LogP contribution in [0.2, 0.25) is 0 Å². The first kappa shape index (κ1) is 23.6. The zero-order valence-corrected chi connectivity index (χ0v) is 18.1. The molecule has 3 N–H and O–H groups in total. The largest absolute Gasteiger partial charge is 0.488 e. The van der Waals surface area contributed by atoms with E-state index in [0.29, 0.717) is 0 Å². The molecule has 2 aromatic rings. The predicted molar refractivity (Wildman–Crippen MR) is 109 cm³/mol. The number of fused-ring (bicyclic) bond motifs is 1. The highest BCUT2D eigenvalue weighted by atomic mass is 32.2. The fourth-order valence-corrected chi connectivity index (χ4v) is 4.69. The second-order valence-electron chi connectivity index (χ2n) is 7.54. The molecule has 8 nitrogen and oxygen atoms in total. The van der Waals surface area contributed by atoms with Gasteiger partial charge in [-0.1, -0.05) is 12.0 Å². The van der Waals surface area contributed by atoms with Crippen LogP contribution in [0.25, 0.3) is 0 Å². The number of hydrogen-bond donors (Lipinski definition) is 3. The van der Waals surface area contributed by atoms with E-state index in [-0.39, 0.29) is 27.6 Å². The standard InChI is InChI=1S/C20H20F3N3O5S/c1-5-19(3,28)15-10-31-17-14(32(29,30)25-15)9-26(4)16(17)18(27)24-12-7-6-11(2)13(8-12)20(21,22)23/h1,6-9,15,25,28H,10H2,2-4H3,(H,24,27)/t15-,19-/m0/s1. The average Bonchev–Trinajstić information content (AvgIpc) is 2.96. The molecule has 0 saturated heterocycles. The maximum absolute atomic E-state index is 13.2. The number of benzene rings is 1. The Morgan fingerprint density at radius 1 is 1.41 bits per heavy atom. The Balaban J connectivity index is 1.99. The number of hydrogen-bond acceptors (Lipinski definition) is 5. The second-order valence-corrected chi connectivity index (χ2v) is 9.22. The number of carbonyl (C=O) groups excluding carboxylic acids is 1. The number of nitrogens with zero attached hydrogens (tertiary/aromatic N) is 1. The van der Waals surface area contributed by atoms with Crippen LogP contribution in [0.1, 0.15) is 28.5 Å². The molecule has 1 aromatic carbocycles. The van der Waals surface area contributed by atoms with Gasteiger partial charge in [0.2, 0.25) is 10.0 Å². The Morgan fingerprint density at radius 2 is 2.06 bits per heavy atom. The Bertz CT molecular complexity index is 1230. The van der Waals surface area contributed by atoms with E-state index < -0.39 is 45.9 Å². The van der Waals surface area contributed by atoms with Gasteiger partial charge in [0.15, 0.2) is 11.4 Å². The molecule has 0 fully saturated rings. The zero-order chi connectivity index (χ0) is 24.1. The van der Waals surface area contributed by atoms with Crippen LogP contribution >= 0.6 is 0 Å². The highest BCUT2D eigenvalue weighted by Gasteiger charge is 2.41. The van der Waals surface area contributed by atoms with Crippen molar-refractivity contribution in [2.45, 2.75) is 36.6 Å². The molecule has 1 aliphatic heterocycles. The summed E-state index contributed by atoms with van der Waals surface area (Å²) in [6.07, 6.45) is 1.77. The van der Waals surface area contributed by atoms with E-state index in [1.54, 1.807) is 0 Å². The molecule has 32 heavy (non-hydrogen) atoms. The zero-order valence-electron chi connectivity index (χ0n) is 17.2. The Labute approximate surface area is 182 Å². The number of ether oxygens (including phenoxy) is 1. The summed E-state index contributed by atoms with van der Waals surface area (Å²) in [5.41, 5.74) is -3.18. The molecule has 3 rings (SSSR count). The van der Waals surface area contributed by atoms with E-state index >= 15 is 0 Å². The lowest BCUT2D eigenvalue weighted by atomic mass is 9.99. The van der Waals surface area contributed by atoms with E-state index in [1.807, 2.05) is 0 Å². The number of carbonyl (C=O) groups is 1. The van der Waals surface area contributed by atoms with Crippen molar-refractivity contribution >= 4 is 21.6 Å². The fraction of sp³-hybridized carbons (Fsp3) is 0.350. The fourth-order valence-electron chi connectivity index (χ4n) is 3.19. The normalized spacial score (nSPS) is 19.6. The molecule has 0 aliphatic carbocycles. The SMILES string of the molecule is C#C[C@](C)(O)[C@@H]1COc2c(cn(C)c2C(=O)Nc2ccc(C)c(C(F)(F)F)c2)S(=O)(=O)N1. The highest BCUT2D eigenvalue weighted by molar-refractivity contribution is 7.89. The smallest absolute Gasteiger partial charge is 0.416 e. The molecule has 0 bridgehead atoms. The first-order valence-corrected chi connectivity index (χ1v) is 10.7. The van der Waals surface area contributed by atoms with Crippen molar-refractivity contribution in [3.8, 4) is 18.1 Å². The summed E-state index contributed by atoms with van der Waals surface area (Å²) >= 11 is 0. The van der Waals surface area contributed by atoms with Gasteiger partial charge in [0.25, 0.3) is 5.91 Å². The van der Waals surface area contributed by atoms with Gasteiger partial charge in [-0.2, -0.15) is 13.2 Å². The van der Waals surface area contributed by atoms with Gasteiger partial charge in [0.05, 0.1) is 11.6 Å². The molecule has 0 spiro atoms. The minimum Gasteiger partial charge on any atom is -0.488 e. The number of nitrogens with one attached hydrogen (secondary N) is 2. The number of aryl methyl sites for hydroxylation is 2. The van der Waals surface area contributed by atoms with Crippen LogP contribution in [0.5, 0.6) is 5.75 Å². The van der Waals surface area contributed by atoms with Gasteiger partial charge < -0.3 is 19.7 Å². The second kappa shape index (κ2) is 7.84. The maximum Gasteiger partial charge on any atom is 0.416 e. The summed E-state index contributed by atoms with van der Waals surface area (Å²) in [6, 6.07) is 2.08. The quantitative estimate of drug-likeness (QED) is 0.594. The number of halogens is 3. The van der Waals surface area contributed by atoms with Crippen molar-refractivity contribution in [2.24, 2.45) is 7.05 Å². The number of alkyl halides is 3. The van der Waals surface area contributed by atoms with Crippen LogP contribution in [0.4, 0.5) is 18.9 Å². The van der Waals surface area contributed by atoms with E-state index in [0.717, 1.165) is 12.3 Å². The molecule has 172 valence electrons. The van der Waals surface area contributed by atoms with Crippen LogP contribution in [-0.2, 0) is 23.2 Å². The molecule has 2 heterocycles. The topological polar surface area (TPSA) is 110 Å². The summed E-state index contributed by atoms with van der Waals surface area (Å²) in [5.74, 6) is 0.876. The first-order chi connectivity index (χ1) is 14.7. The third-order valence-corrected chi connectivity index (χ3v) is 6.54. The van der Waals surface area contributed by atoms with Crippen LogP contribution < -0.4 is 14.8 Å². The number of rotatable bonds is 3. The average molecular weight is 471 g/mol. The number of amides is 1. The predicted octanol–water partition coefficient (Wildman–Crippen LogP) is 2.03. The third kappa shape index (κ3) is 4.32. The van der Waals surface area contributed by atoms with Gasteiger partial charge >= 0.3 is 6.18 Å². The van der Waals surface area contributed by atoms with Gasteiger partial charge in [0, 0.05) is 18.9 Å². The molecule has 1 amide bonds. The van der Waals surface area contributed by atoms with Crippen LogP contribution in [0, 0.1) is 19.3 Å². The maximum atomic E-state index is 13.2. The van der Waals surface area contributed by atoms with Crippen molar-refractivity contribution in [3.63, 3.8) is 0 Å². The lowest BCUT2D eigenvalue weighted by molar-refractivity contribution is -0.138. The first-order valence-electron chi connectivity index (χ1n) is 9.21. The lowest BCUT2D eigenvalue weighted by Gasteiger charge is -2.26. The van der Waals surface area contributed by atoms with Crippen molar-refractivity contribution in [1.82, 2.24) is 9.29 Å². The molecular weight excluding hydrogens is 451 g/mol. The van der Waals surface area contributed by atoms with E-state index in [4.69, 9.17) is 11.2 Å². The molecule has 0 radical (unpaired) electrons. The lowest BCUT2D eigenvalue weighted by Crippen LogP contribution is -2.52. The van der Waals surface area contributed by atoms with E-state index in [9.17, 15) is 31.5 Å². The molecule has 1 aliphatic rings. The molecule has 0 saturated carbocycles. The van der Waals surface area contributed by atoms with Crippen LogP contribution in [0.3, 0.4) is 0 Å². The third-order valence-electron chi connectivity index (χ3n) is 5.07. The van der Waals surface area contributed by atoms with Crippen LogP contribution in [0.15, 0.2) is 29.3 Å². The number of aromatic nitrogens is 1. The van der Waals surface area contributed by atoms with Gasteiger partial charge in [-0.25, -0.2) is 13.1 Å². The minimum absolute atomic E-state index is 0.0182. The van der Waals surface area contributed by atoms with Crippen molar-refractivity contribution in [1.29, 1.82) is 0 Å². The van der Waals surface area contributed by atoms with E-state index in [2.05, 4.69) is 16.0 Å². The summed E-state index contributed by atoms with van der Waals surface area (Å²) in [4.78, 5) is 12.5. The molecule has 12 heteroatoms. The van der Waals surface area contributed by atoms with Gasteiger partial charge in [-0.3, -0.25) is 4.79 Å². The monoisotopic (exact) mass is 471 g/mol. The Kier molecular flexibility index (Phi) is 5.80. The summed E-state index contributed by atoms with van der Waals surface area (Å²) in [5, 5.41) is 12.6. The number of terminal acetylenes is 1. The van der Waals surface area contributed by atoms with Gasteiger partial charge in [0.1, 0.15) is 17.1 Å². The van der Waals surface area contributed by atoms with Gasteiger partial charge in [-0.15, -0.1) is 6.42 Å². The summed E-state index contributed by atoms with van der Waals surface area (Å²) in [6.45, 7) is 2.12. The van der Waals surface area contributed by atoms with Gasteiger partial charge in [-0.05, 0) is 31.5 Å². The van der Waals surface area contributed by atoms with Crippen molar-refractivity contribution < 1.29 is 36.2 Å². The number of aliphatic hydroxyl groups is 1. The van der Waals surface area contributed by atoms with Crippen molar-refractivity contribution in [3.05, 3.63) is 41.2 Å². The Morgan fingerprint density at radius 3 is 2.66 bits per heavy atom. The number of anilines is 1. The Hall–Kier alpha value is -3.01. The van der Waals surface area contributed by atoms with E-state index in [1.165, 1.54) is 37.6 Å². The minimum atomic E-state index is -4.61.